The van der Waals surface area contributed by atoms with E-state index in [1.807, 2.05) is 27.7 Å². The largest absolute Gasteiger partial charge is 0.0993 e. The molecule has 1 aliphatic carbocycles. The van der Waals surface area contributed by atoms with Gasteiger partial charge in [0.1, 0.15) is 0 Å². The van der Waals surface area contributed by atoms with Crippen LogP contribution in [-0.2, 0) is 0 Å². The number of allylic oxidation sites excluding steroid dienone is 1. The Bertz CT molecular complexity index is 116. The lowest BCUT2D eigenvalue weighted by Gasteiger charge is -2.15. The molecule has 0 heteroatoms. The van der Waals surface area contributed by atoms with Crippen LogP contribution in [-0.4, -0.2) is 0 Å². The average Bonchev–Trinajstić information content (AvgIpc) is 2.75. The summed E-state index contributed by atoms with van der Waals surface area (Å²) in [5, 5.41) is 0. The van der Waals surface area contributed by atoms with E-state index in [9.17, 15) is 0 Å². The molecule has 1 rings (SSSR count). The zero-order valence-electron chi connectivity index (χ0n) is 11.2. The molecule has 0 atom stereocenters. The second-order valence-corrected chi connectivity index (χ2v) is 3.71. The van der Waals surface area contributed by atoms with Crippen molar-refractivity contribution in [3.8, 4) is 0 Å². The molecule has 0 radical (unpaired) electrons. The maximum atomic E-state index is 4.14. The highest BCUT2D eigenvalue weighted by Crippen LogP contribution is 2.33. The Morgan fingerprint density at radius 3 is 1.64 bits per heavy atom. The molecule has 0 bridgehead atoms. The van der Waals surface area contributed by atoms with Crippen LogP contribution in [0.1, 0.15) is 67.2 Å². The molecule has 1 fully saturated rings. The van der Waals surface area contributed by atoms with Gasteiger partial charge in [0, 0.05) is 0 Å². The van der Waals surface area contributed by atoms with Crippen LogP contribution in [0.25, 0.3) is 0 Å². The summed E-state index contributed by atoms with van der Waals surface area (Å²) in [6.45, 7) is 16.6. The first-order valence-electron chi connectivity index (χ1n) is 6.40. The van der Waals surface area contributed by atoms with Crippen molar-refractivity contribution >= 4 is 0 Å². The summed E-state index contributed by atoms with van der Waals surface area (Å²) in [7, 11) is 0. The predicted octanol–water partition coefficient (Wildman–Crippen LogP) is 5.44. The summed E-state index contributed by atoms with van der Waals surface area (Å²) >= 11 is 0. The third kappa shape index (κ3) is 6.23. The van der Waals surface area contributed by atoms with Crippen molar-refractivity contribution < 1.29 is 0 Å². The fourth-order valence-electron chi connectivity index (χ4n) is 1.77. The quantitative estimate of drug-likeness (QED) is 0.518. The minimum atomic E-state index is 0.697. The third-order valence-electron chi connectivity index (χ3n) is 2.62. The fourth-order valence-corrected chi connectivity index (χ4v) is 1.77. The topological polar surface area (TPSA) is 0 Å². The van der Waals surface area contributed by atoms with E-state index in [4.69, 9.17) is 0 Å². The maximum absolute atomic E-state index is 4.14. The SMILES string of the molecule is C=C(C(C)C)C1CCCC1.CC.CC. The van der Waals surface area contributed by atoms with Gasteiger partial charge in [-0.3, -0.25) is 0 Å². The van der Waals surface area contributed by atoms with Gasteiger partial charge in [-0.15, -0.1) is 0 Å². The molecule has 0 saturated heterocycles. The minimum Gasteiger partial charge on any atom is -0.0993 e. The molecule has 0 aliphatic heterocycles. The van der Waals surface area contributed by atoms with Crippen molar-refractivity contribution in [1.82, 2.24) is 0 Å². The first-order valence-corrected chi connectivity index (χ1v) is 6.40. The van der Waals surface area contributed by atoms with Crippen molar-refractivity contribution in [2.24, 2.45) is 11.8 Å². The van der Waals surface area contributed by atoms with E-state index in [1.165, 1.54) is 31.3 Å². The summed E-state index contributed by atoms with van der Waals surface area (Å²) in [4.78, 5) is 0. The van der Waals surface area contributed by atoms with Crippen LogP contribution in [0.2, 0.25) is 0 Å². The summed E-state index contributed by atoms with van der Waals surface area (Å²) in [5.74, 6) is 1.56. The minimum absolute atomic E-state index is 0.697. The van der Waals surface area contributed by atoms with E-state index >= 15 is 0 Å². The average molecular weight is 198 g/mol. The highest BCUT2D eigenvalue weighted by atomic mass is 14.2. The van der Waals surface area contributed by atoms with Crippen molar-refractivity contribution in [3.05, 3.63) is 12.2 Å². The number of hydrogen-bond donors (Lipinski definition) is 0. The molecule has 86 valence electrons. The highest BCUT2D eigenvalue weighted by molar-refractivity contribution is 5.04. The second-order valence-electron chi connectivity index (χ2n) is 3.71. The Kier molecular flexibility index (Phi) is 12.5. The molecular weight excluding hydrogens is 168 g/mol. The molecule has 0 heterocycles. The number of hydrogen-bond acceptors (Lipinski definition) is 0. The van der Waals surface area contributed by atoms with E-state index < -0.39 is 0 Å². The van der Waals surface area contributed by atoms with Crippen LogP contribution >= 0.6 is 0 Å². The van der Waals surface area contributed by atoms with Gasteiger partial charge >= 0.3 is 0 Å². The van der Waals surface area contributed by atoms with Gasteiger partial charge in [0.25, 0.3) is 0 Å². The smallest absolute Gasteiger partial charge is 0.0203 e. The molecule has 0 amide bonds. The second kappa shape index (κ2) is 10.8. The van der Waals surface area contributed by atoms with Gasteiger partial charge in [-0.25, -0.2) is 0 Å². The van der Waals surface area contributed by atoms with Crippen LogP contribution in [0.4, 0.5) is 0 Å². The molecule has 1 aliphatic rings. The van der Waals surface area contributed by atoms with Crippen LogP contribution in [0.15, 0.2) is 12.2 Å². The Balaban J connectivity index is 0. The lowest BCUT2D eigenvalue weighted by Crippen LogP contribution is -2.03. The van der Waals surface area contributed by atoms with Crippen molar-refractivity contribution in [2.45, 2.75) is 67.2 Å². The van der Waals surface area contributed by atoms with Crippen LogP contribution in [0.5, 0.6) is 0 Å². The standard InChI is InChI=1S/C10H18.2C2H6/c1-8(2)9(3)10-6-4-5-7-10;2*1-2/h8,10H,3-7H2,1-2H3;2*1-2H3. The molecule has 14 heavy (non-hydrogen) atoms. The van der Waals surface area contributed by atoms with Crippen LogP contribution < -0.4 is 0 Å². The van der Waals surface area contributed by atoms with Crippen LogP contribution in [0, 0.1) is 11.8 Å². The van der Waals surface area contributed by atoms with Gasteiger partial charge in [-0.05, 0) is 24.7 Å². The summed E-state index contributed by atoms with van der Waals surface area (Å²) in [5.41, 5.74) is 1.48. The molecule has 0 aromatic heterocycles. The van der Waals surface area contributed by atoms with Gasteiger partial charge in [-0.2, -0.15) is 0 Å². The van der Waals surface area contributed by atoms with E-state index in [0.717, 1.165) is 5.92 Å². The first kappa shape index (κ1) is 16.2. The van der Waals surface area contributed by atoms with Crippen molar-refractivity contribution in [1.29, 1.82) is 0 Å². The van der Waals surface area contributed by atoms with Gasteiger partial charge in [0.15, 0.2) is 0 Å². The Morgan fingerprint density at radius 2 is 1.36 bits per heavy atom. The molecule has 0 N–H and O–H groups in total. The monoisotopic (exact) mass is 198 g/mol. The van der Waals surface area contributed by atoms with Crippen molar-refractivity contribution in [3.63, 3.8) is 0 Å². The van der Waals surface area contributed by atoms with E-state index in [2.05, 4.69) is 20.4 Å². The van der Waals surface area contributed by atoms with E-state index in [0.29, 0.717) is 5.92 Å². The van der Waals surface area contributed by atoms with Gasteiger partial charge in [0.2, 0.25) is 0 Å². The van der Waals surface area contributed by atoms with E-state index in [1.54, 1.807) is 0 Å². The Labute approximate surface area is 91.8 Å². The van der Waals surface area contributed by atoms with Crippen molar-refractivity contribution in [2.75, 3.05) is 0 Å². The zero-order valence-corrected chi connectivity index (χ0v) is 11.2. The highest BCUT2D eigenvalue weighted by Gasteiger charge is 2.19. The molecular formula is C14H30. The molecule has 0 aromatic rings. The van der Waals surface area contributed by atoms with Gasteiger partial charge in [-0.1, -0.05) is 66.5 Å². The molecule has 0 nitrogen and oxygen atoms in total. The fraction of sp³-hybridized carbons (Fsp3) is 0.857. The summed E-state index contributed by atoms with van der Waals surface area (Å²) < 4.78 is 0. The lowest BCUT2D eigenvalue weighted by molar-refractivity contribution is 0.561. The Morgan fingerprint density at radius 1 is 1.00 bits per heavy atom. The molecule has 1 saturated carbocycles. The summed E-state index contributed by atoms with van der Waals surface area (Å²) in [6, 6.07) is 0. The summed E-state index contributed by atoms with van der Waals surface area (Å²) in [6.07, 6.45) is 5.65. The molecule has 0 unspecified atom stereocenters. The van der Waals surface area contributed by atoms with Gasteiger partial charge < -0.3 is 0 Å². The molecule has 0 aromatic carbocycles. The van der Waals surface area contributed by atoms with Crippen LogP contribution in [0.3, 0.4) is 0 Å². The lowest BCUT2D eigenvalue weighted by atomic mass is 9.90. The third-order valence-corrected chi connectivity index (χ3v) is 2.62. The van der Waals surface area contributed by atoms with Gasteiger partial charge in [0.05, 0.1) is 0 Å². The number of rotatable bonds is 2. The normalized spacial score (nSPS) is 15.4. The predicted molar refractivity (Wildman–Crippen MR) is 68.6 cm³/mol. The molecule has 0 spiro atoms. The maximum Gasteiger partial charge on any atom is -0.0203 e. The zero-order chi connectivity index (χ0) is 11.6. The van der Waals surface area contributed by atoms with E-state index in [-0.39, 0.29) is 0 Å². The first-order chi connectivity index (χ1) is 6.72. The Hall–Kier alpha value is -0.260.